The highest BCUT2D eigenvalue weighted by atomic mass is 16.5. The molecule has 2 aromatic carbocycles. The van der Waals surface area contributed by atoms with Crippen molar-refractivity contribution in [1.82, 2.24) is 10.2 Å². The molecule has 0 aliphatic rings. The summed E-state index contributed by atoms with van der Waals surface area (Å²) < 4.78 is 10.4. The molecule has 0 aliphatic carbocycles. The third kappa shape index (κ3) is 11.6. The van der Waals surface area contributed by atoms with Crippen LogP contribution in [0, 0.1) is 5.92 Å². The van der Waals surface area contributed by atoms with E-state index in [4.69, 9.17) is 26.0 Å². The molecule has 2 rings (SSSR count). The van der Waals surface area contributed by atoms with E-state index in [9.17, 15) is 43.8 Å². The largest absolute Gasteiger partial charge is 0.481 e. The van der Waals surface area contributed by atoms with Crippen molar-refractivity contribution in [3.63, 3.8) is 0 Å². The number of nitrogens with two attached hydrogens (primary N) is 2. The Morgan fingerprint density at radius 2 is 1.46 bits per heavy atom. The first-order valence-electron chi connectivity index (χ1n) is 13.5. The Hall–Kier alpha value is -6.00. The van der Waals surface area contributed by atoms with E-state index in [1.807, 2.05) is 0 Å². The maximum absolute atomic E-state index is 12.8. The van der Waals surface area contributed by atoms with Crippen molar-refractivity contribution in [3.8, 4) is 5.75 Å². The van der Waals surface area contributed by atoms with Gasteiger partial charge in [-0.15, -0.1) is 0 Å². The second kappa shape index (κ2) is 16.7. The molecule has 0 heterocycles. The Labute approximate surface area is 261 Å². The number of guanidine groups is 1. The number of likely N-dealkylation sites (N-methyl/N-ethyl adjacent to an activating group) is 1. The molecular formula is C29H33N5O12. The van der Waals surface area contributed by atoms with Gasteiger partial charge in [-0.25, -0.2) is 19.4 Å². The Bertz CT molecular complexity index is 1490. The summed E-state index contributed by atoms with van der Waals surface area (Å²) in [5.41, 5.74) is 11.8. The van der Waals surface area contributed by atoms with E-state index in [2.05, 4.69) is 10.3 Å². The van der Waals surface area contributed by atoms with E-state index in [1.165, 1.54) is 55.5 Å². The molecule has 2 amide bonds. The number of hydrogen-bond acceptors (Lipinski definition) is 10. The molecule has 17 nitrogen and oxygen atoms in total. The fourth-order valence-electron chi connectivity index (χ4n) is 3.98. The number of Topliss-reactive ketones (excluding diaryl/α,β-unsaturated/α-hetero) is 1. The van der Waals surface area contributed by atoms with Gasteiger partial charge in [-0.2, -0.15) is 0 Å². The number of esters is 1. The number of benzene rings is 2. The van der Waals surface area contributed by atoms with Gasteiger partial charge in [0, 0.05) is 19.4 Å². The van der Waals surface area contributed by atoms with Gasteiger partial charge in [-0.05, 0) is 42.0 Å². The zero-order chi connectivity index (χ0) is 34.6. The quantitative estimate of drug-likeness (QED) is 0.0641. The topological polar surface area (TPSA) is 278 Å². The maximum Gasteiger partial charge on any atom is 0.408 e. The molecule has 0 saturated carbocycles. The molecule has 3 atom stereocenters. The summed E-state index contributed by atoms with van der Waals surface area (Å²) in [5, 5.41) is 29.6. The van der Waals surface area contributed by atoms with Crippen LogP contribution < -0.4 is 21.5 Å². The first kappa shape index (κ1) is 36.2. The van der Waals surface area contributed by atoms with Crippen LogP contribution in [0.3, 0.4) is 0 Å². The zero-order valence-corrected chi connectivity index (χ0v) is 24.7. The van der Waals surface area contributed by atoms with Gasteiger partial charge < -0.3 is 46.5 Å². The van der Waals surface area contributed by atoms with Gasteiger partial charge in [-0.3, -0.25) is 19.2 Å². The summed E-state index contributed by atoms with van der Waals surface area (Å²) >= 11 is 0. The normalized spacial score (nSPS) is 12.4. The number of amides is 2. The van der Waals surface area contributed by atoms with Crippen molar-refractivity contribution in [3.05, 3.63) is 59.7 Å². The van der Waals surface area contributed by atoms with Crippen LogP contribution in [-0.4, -0.2) is 87.0 Å². The third-order valence-electron chi connectivity index (χ3n) is 6.32. The first-order valence-corrected chi connectivity index (χ1v) is 13.5. The number of hydrogen-bond donors (Lipinski definition) is 6. The van der Waals surface area contributed by atoms with Crippen LogP contribution in [0.4, 0.5) is 10.5 Å². The standard InChI is InChI=1S/C29H33N5O12/c1-15(25(40)34(2)21(26(41)42)13-24(38)39)11-22(35)20(12-23(36)37)33-29(44)45-14-16-3-9-19(10-4-16)46-27(43)17-5-7-18(8-6-17)32-28(30)31/h3-10,15,20-21H,11-14H2,1-2H3,(H,33,44)(H,36,37)(H,38,39)(H,41,42)(H4,30,31,32)/t15-,20+,21+/m1/s1. The lowest BCUT2D eigenvalue weighted by molar-refractivity contribution is -0.154. The van der Waals surface area contributed by atoms with Gasteiger partial charge >= 0.3 is 30.0 Å². The summed E-state index contributed by atoms with van der Waals surface area (Å²) in [6.45, 7) is 0.971. The minimum atomic E-state index is -1.69. The second-order valence-corrected chi connectivity index (χ2v) is 9.96. The molecule has 0 aliphatic heterocycles. The lowest BCUT2D eigenvalue weighted by atomic mass is 9.96. The molecule has 17 heteroatoms. The van der Waals surface area contributed by atoms with Crippen LogP contribution in [-0.2, 0) is 35.3 Å². The summed E-state index contributed by atoms with van der Waals surface area (Å²) in [6.07, 6.45) is -3.43. The van der Waals surface area contributed by atoms with Gasteiger partial charge in [0.15, 0.2) is 11.7 Å². The van der Waals surface area contributed by atoms with E-state index in [0.717, 1.165) is 7.05 Å². The van der Waals surface area contributed by atoms with Gasteiger partial charge in [0.2, 0.25) is 5.91 Å². The first-order chi connectivity index (χ1) is 21.6. The van der Waals surface area contributed by atoms with Crippen molar-refractivity contribution in [2.24, 2.45) is 22.4 Å². The fourth-order valence-corrected chi connectivity index (χ4v) is 3.98. The average molecular weight is 644 g/mol. The molecule has 0 saturated heterocycles. The monoisotopic (exact) mass is 643 g/mol. The van der Waals surface area contributed by atoms with Crippen molar-refractivity contribution in [1.29, 1.82) is 0 Å². The lowest BCUT2D eigenvalue weighted by Crippen LogP contribution is -2.47. The number of ketones is 1. The number of nitrogens with zero attached hydrogens (tertiary/aromatic N) is 2. The molecule has 0 aromatic heterocycles. The van der Waals surface area contributed by atoms with Gasteiger partial charge in [0.05, 0.1) is 24.1 Å². The maximum atomic E-state index is 12.8. The summed E-state index contributed by atoms with van der Waals surface area (Å²) in [4.78, 5) is 88.5. The number of carboxylic acids is 3. The fraction of sp³-hybridized carbons (Fsp3) is 0.310. The molecule has 0 fully saturated rings. The zero-order valence-electron chi connectivity index (χ0n) is 24.7. The molecule has 46 heavy (non-hydrogen) atoms. The summed E-state index contributed by atoms with van der Waals surface area (Å²) in [6, 6.07) is 8.60. The number of carboxylic acid groups (broad SMARTS) is 3. The number of aliphatic imine (C=N–C) groups is 1. The van der Waals surface area contributed by atoms with E-state index in [1.54, 1.807) is 0 Å². The van der Waals surface area contributed by atoms with Crippen molar-refractivity contribution < 1.29 is 58.4 Å². The van der Waals surface area contributed by atoms with Crippen LogP contribution in [0.2, 0.25) is 0 Å². The number of alkyl carbamates (subject to hydrolysis) is 1. The van der Waals surface area contributed by atoms with Crippen molar-refractivity contribution >= 4 is 53.3 Å². The molecule has 8 N–H and O–H groups in total. The molecule has 2 aromatic rings. The number of nitrogens with one attached hydrogen (secondary N) is 1. The predicted molar refractivity (Wildman–Crippen MR) is 158 cm³/mol. The highest BCUT2D eigenvalue weighted by molar-refractivity contribution is 5.95. The van der Waals surface area contributed by atoms with Crippen LogP contribution in [0.25, 0.3) is 0 Å². The number of aliphatic carboxylic acids is 3. The molecule has 0 spiro atoms. The summed E-state index contributed by atoms with van der Waals surface area (Å²) in [7, 11) is 1.07. The molecular weight excluding hydrogens is 610 g/mol. The van der Waals surface area contributed by atoms with Gasteiger partial charge in [0.1, 0.15) is 24.4 Å². The smallest absolute Gasteiger partial charge is 0.408 e. The van der Waals surface area contributed by atoms with Crippen molar-refractivity contribution in [2.45, 2.75) is 44.9 Å². The van der Waals surface area contributed by atoms with Crippen LogP contribution >= 0.6 is 0 Å². The Morgan fingerprint density at radius 1 is 0.870 bits per heavy atom. The van der Waals surface area contributed by atoms with Crippen LogP contribution in [0.15, 0.2) is 53.5 Å². The Kier molecular flexibility index (Phi) is 13.2. The number of carbonyl (C=O) groups is 7. The molecule has 0 unspecified atom stereocenters. The molecule has 246 valence electrons. The highest BCUT2D eigenvalue weighted by Crippen LogP contribution is 2.18. The van der Waals surface area contributed by atoms with Crippen molar-refractivity contribution in [2.75, 3.05) is 7.05 Å². The molecule has 0 bridgehead atoms. The SMILES string of the molecule is C[C@H](CC(=O)[C@H](CC(=O)O)NC(=O)OCc1ccc(OC(=O)c2ccc(N=C(N)N)cc2)cc1)C(=O)N(C)[C@@H](CC(=O)O)C(=O)O. The van der Waals surface area contributed by atoms with E-state index >= 15 is 0 Å². The Balaban J connectivity index is 1.95. The minimum Gasteiger partial charge on any atom is -0.481 e. The highest BCUT2D eigenvalue weighted by Gasteiger charge is 2.33. The minimum absolute atomic E-state index is 0.136. The summed E-state index contributed by atoms with van der Waals surface area (Å²) in [5.74, 6) is -7.94. The predicted octanol–water partition coefficient (Wildman–Crippen LogP) is 0.862. The number of ether oxygens (including phenoxy) is 2. The van der Waals surface area contributed by atoms with E-state index in [-0.39, 0.29) is 23.9 Å². The lowest BCUT2D eigenvalue weighted by Gasteiger charge is -2.27. The van der Waals surface area contributed by atoms with Gasteiger partial charge in [0.25, 0.3) is 0 Å². The van der Waals surface area contributed by atoms with Gasteiger partial charge in [-0.1, -0.05) is 19.1 Å². The Morgan fingerprint density at radius 3 is 1.98 bits per heavy atom. The second-order valence-electron chi connectivity index (χ2n) is 9.96. The van der Waals surface area contributed by atoms with E-state index in [0.29, 0.717) is 16.2 Å². The van der Waals surface area contributed by atoms with Crippen LogP contribution in [0.1, 0.15) is 42.1 Å². The number of carbonyl (C=O) groups excluding carboxylic acids is 4. The van der Waals surface area contributed by atoms with E-state index < -0.39 is 78.9 Å². The molecule has 0 radical (unpaired) electrons. The third-order valence-corrected chi connectivity index (χ3v) is 6.32. The van der Waals surface area contributed by atoms with Crippen LogP contribution in [0.5, 0.6) is 5.75 Å². The average Bonchev–Trinajstić information content (AvgIpc) is 2.98. The number of rotatable bonds is 16.